The van der Waals surface area contributed by atoms with Crippen molar-refractivity contribution in [1.29, 1.82) is 0 Å². The first-order valence-electron chi connectivity index (χ1n) is 6.03. The molecule has 1 aliphatic carbocycles. The predicted octanol–water partition coefficient (Wildman–Crippen LogP) is 2.63. The summed E-state index contributed by atoms with van der Waals surface area (Å²) >= 11 is 0. The van der Waals surface area contributed by atoms with Crippen LogP contribution in [0.3, 0.4) is 0 Å². The molecule has 0 aliphatic heterocycles. The molecule has 1 aromatic heterocycles. The number of allylic oxidation sites excluding steroid dienone is 4. The molecule has 1 aliphatic rings. The van der Waals surface area contributed by atoms with E-state index in [1.807, 2.05) is 0 Å². The second-order valence-electron chi connectivity index (χ2n) is 4.72. The zero-order valence-corrected chi connectivity index (χ0v) is 11.0. The molecule has 108 valence electrons. The van der Waals surface area contributed by atoms with E-state index in [4.69, 9.17) is 0 Å². The molecule has 20 heavy (non-hydrogen) atoms. The van der Waals surface area contributed by atoms with Crippen LogP contribution in [0.25, 0.3) is 5.70 Å². The third-order valence-electron chi connectivity index (χ3n) is 2.90. The van der Waals surface area contributed by atoms with Crippen molar-refractivity contribution in [3.05, 3.63) is 36.1 Å². The highest BCUT2D eigenvalue weighted by Gasteiger charge is 2.40. The van der Waals surface area contributed by atoms with Crippen LogP contribution in [0.15, 0.2) is 30.4 Å². The normalized spacial score (nSPS) is 19.4. The van der Waals surface area contributed by atoms with Gasteiger partial charge in [0.15, 0.2) is 0 Å². The molecule has 0 saturated carbocycles. The smallest absolute Gasteiger partial charge is 0.330 e. The van der Waals surface area contributed by atoms with E-state index >= 15 is 0 Å². The van der Waals surface area contributed by atoms with Gasteiger partial charge in [-0.15, -0.1) is 0 Å². The standard InChI is InChI=1S/C13H14F3N3O/c1-8-6-19(7-17-8)12-4-10(13(14,15)16)3-11(5-12)18-9(2)20/h4-7,10H,3H2,1-2H3,(H,18,20). The van der Waals surface area contributed by atoms with Gasteiger partial charge >= 0.3 is 6.18 Å². The molecular weight excluding hydrogens is 271 g/mol. The van der Waals surface area contributed by atoms with Crippen LogP contribution < -0.4 is 5.32 Å². The molecule has 1 aromatic rings. The van der Waals surface area contributed by atoms with Crippen LogP contribution in [0.2, 0.25) is 0 Å². The van der Waals surface area contributed by atoms with Crippen LogP contribution in [0, 0.1) is 12.8 Å². The van der Waals surface area contributed by atoms with Gasteiger partial charge in [-0.3, -0.25) is 4.79 Å². The van der Waals surface area contributed by atoms with Gasteiger partial charge in [-0.2, -0.15) is 13.2 Å². The zero-order chi connectivity index (χ0) is 14.9. The Morgan fingerprint density at radius 3 is 2.70 bits per heavy atom. The van der Waals surface area contributed by atoms with Gasteiger partial charge in [0, 0.05) is 30.9 Å². The van der Waals surface area contributed by atoms with E-state index in [0.717, 1.165) is 6.08 Å². The summed E-state index contributed by atoms with van der Waals surface area (Å²) in [5.41, 5.74) is 1.31. The van der Waals surface area contributed by atoms with E-state index in [0.29, 0.717) is 11.4 Å². The lowest BCUT2D eigenvalue weighted by molar-refractivity contribution is -0.161. The highest BCUT2D eigenvalue weighted by Crippen LogP contribution is 2.36. The maximum atomic E-state index is 12.9. The van der Waals surface area contributed by atoms with Gasteiger partial charge in [0.25, 0.3) is 0 Å². The first-order valence-corrected chi connectivity index (χ1v) is 6.03. The Hall–Kier alpha value is -2.05. The van der Waals surface area contributed by atoms with Crippen molar-refractivity contribution in [2.45, 2.75) is 26.4 Å². The van der Waals surface area contributed by atoms with Crippen molar-refractivity contribution in [1.82, 2.24) is 14.9 Å². The van der Waals surface area contributed by atoms with Crippen molar-refractivity contribution in [3.63, 3.8) is 0 Å². The average molecular weight is 285 g/mol. The number of hydrogen-bond acceptors (Lipinski definition) is 2. The summed E-state index contributed by atoms with van der Waals surface area (Å²) in [6, 6.07) is 0. The fourth-order valence-corrected chi connectivity index (χ4v) is 2.03. The number of aromatic nitrogens is 2. The zero-order valence-electron chi connectivity index (χ0n) is 11.0. The van der Waals surface area contributed by atoms with Crippen LogP contribution in [0.1, 0.15) is 19.0 Å². The molecule has 1 atom stereocenters. The Labute approximate surface area is 114 Å². The van der Waals surface area contributed by atoms with E-state index in [2.05, 4.69) is 10.3 Å². The lowest BCUT2D eigenvalue weighted by Crippen LogP contribution is -2.29. The van der Waals surface area contributed by atoms with Gasteiger partial charge in [0.1, 0.15) is 0 Å². The Balaban J connectivity index is 2.37. The van der Waals surface area contributed by atoms with E-state index in [1.165, 1.54) is 23.9 Å². The van der Waals surface area contributed by atoms with Gasteiger partial charge in [-0.05, 0) is 19.1 Å². The summed E-state index contributed by atoms with van der Waals surface area (Å²) < 4.78 is 40.3. The largest absolute Gasteiger partial charge is 0.395 e. The van der Waals surface area contributed by atoms with Crippen molar-refractivity contribution >= 4 is 11.6 Å². The van der Waals surface area contributed by atoms with Crippen LogP contribution >= 0.6 is 0 Å². The molecule has 0 fully saturated rings. The summed E-state index contributed by atoms with van der Waals surface area (Å²) in [6.45, 7) is 3.02. The molecule has 0 bridgehead atoms. The van der Waals surface area contributed by atoms with E-state index in [-0.39, 0.29) is 18.0 Å². The van der Waals surface area contributed by atoms with E-state index in [1.54, 1.807) is 13.1 Å². The van der Waals surface area contributed by atoms with Gasteiger partial charge in [-0.25, -0.2) is 4.98 Å². The Bertz CT molecular complexity index is 584. The minimum absolute atomic E-state index is 0.253. The minimum Gasteiger partial charge on any atom is -0.330 e. The number of carbonyl (C=O) groups is 1. The maximum Gasteiger partial charge on any atom is 0.395 e. The number of nitrogens with one attached hydrogen (secondary N) is 1. The molecule has 4 nitrogen and oxygen atoms in total. The summed E-state index contributed by atoms with van der Waals surface area (Å²) in [6.07, 6.45) is 1.14. The molecule has 2 rings (SSSR count). The third kappa shape index (κ3) is 3.28. The van der Waals surface area contributed by atoms with Crippen LogP contribution in [0.4, 0.5) is 13.2 Å². The second-order valence-corrected chi connectivity index (χ2v) is 4.72. The van der Waals surface area contributed by atoms with Crippen molar-refractivity contribution in [3.8, 4) is 0 Å². The average Bonchev–Trinajstić information content (AvgIpc) is 2.73. The number of aryl methyl sites for hydroxylation is 1. The SMILES string of the molecule is CC(=O)NC1=CC(n2cnc(C)c2)=CC(C(F)(F)F)C1. The predicted molar refractivity (Wildman–Crippen MR) is 67.3 cm³/mol. The number of nitrogens with zero attached hydrogens (tertiary/aromatic N) is 2. The maximum absolute atomic E-state index is 12.9. The molecule has 1 heterocycles. The molecular formula is C13H14F3N3O. The third-order valence-corrected chi connectivity index (χ3v) is 2.90. The molecule has 0 saturated heterocycles. The molecule has 1 unspecified atom stereocenters. The van der Waals surface area contributed by atoms with Crippen LogP contribution in [-0.4, -0.2) is 21.6 Å². The number of hydrogen-bond donors (Lipinski definition) is 1. The summed E-state index contributed by atoms with van der Waals surface area (Å²) in [4.78, 5) is 15.0. The fraction of sp³-hybridized carbons (Fsp3) is 0.385. The molecule has 1 N–H and O–H groups in total. The number of halogens is 3. The van der Waals surface area contributed by atoms with Crippen molar-refractivity contribution in [2.24, 2.45) is 5.92 Å². The summed E-state index contributed by atoms with van der Waals surface area (Å²) in [5.74, 6) is -2.01. The number of alkyl halides is 3. The Kier molecular flexibility index (Phi) is 3.69. The quantitative estimate of drug-likeness (QED) is 0.908. The van der Waals surface area contributed by atoms with E-state index in [9.17, 15) is 18.0 Å². The first-order chi connectivity index (χ1) is 9.25. The molecule has 7 heteroatoms. The van der Waals surface area contributed by atoms with Gasteiger partial charge in [-0.1, -0.05) is 0 Å². The topological polar surface area (TPSA) is 46.9 Å². The van der Waals surface area contributed by atoms with Gasteiger partial charge < -0.3 is 9.88 Å². The van der Waals surface area contributed by atoms with Crippen molar-refractivity contribution in [2.75, 3.05) is 0 Å². The minimum atomic E-state index is -4.35. The number of amides is 1. The molecule has 0 radical (unpaired) electrons. The Morgan fingerprint density at radius 1 is 1.50 bits per heavy atom. The fourth-order valence-electron chi connectivity index (χ4n) is 2.03. The monoisotopic (exact) mass is 285 g/mol. The molecule has 0 spiro atoms. The number of rotatable bonds is 2. The van der Waals surface area contributed by atoms with Crippen LogP contribution in [-0.2, 0) is 4.79 Å². The van der Waals surface area contributed by atoms with Crippen LogP contribution in [0.5, 0.6) is 0 Å². The highest BCUT2D eigenvalue weighted by atomic mass is 19.4. The van der Waals surface area contributed by atoms with E-state index < -0.39 is 12.1 Å². The van der Waals surface area contributed by atoms with Crippen molar-refractivity contribution < 1.29 is 18.0 Å². The number of imidazole rings is 1. The first kappa shape index (κ1) is 14.4. The molecule has 0 aromatic carbocycles. The second kappa shape index (κ2) is 5.15. The summed E-state index contributed by atoms with van der Waals surface area (Å²) in [7, 11) is 0. The molecule has 1 amide bonds. The van der Waals surface area contributed by atoms with Gasteiger partial charge in [0.2, 0.25) is 5.91 Å². The highest BCUT2D eigenvalue weighted by molar-refractivity contribution is 5.76. The summed E-state index contributed by atoms with van der Waals surface area (Å²) in [5, 5.41) is 2.44. The lowest BCUT2D eigenvalue weighted by Gasteiger charge is -2.24. The Morgan fingerprint density at radius 2 is 2.20 bits per heavy atom. The van der Waals surface area contributed by atoms with Gasteiger partial charge in [0.05, 0.1) is 17.9 Å². The lowest BCUT2D eigenvalue weighted by atomic mass is 9.95. The number of carbonyl (C=O) groups excluding carboxylic acids is 1.